The Hall–Kier alpha value is -1.97. The molecule has 5 nitrogen and oxygen atoms in total. The van der Waals surface area contributed by atoms with Crippen LogP contribution in [-0.4, -0.2) is 28.7 Å². The van der Waals surface area contributed by atoms with Gasteiger partial charge in [0.2, 0.25) is 10.0 Å². The Morgan fingerprint density at radius 1 is 1.12 bits per heavy atom. The zero-order valence-corrected chi connectivity index (χ0v) is 15.1. The maximum absolute atomic E-state index is 12.8. The third-order valence-corrected chi connectivity index (χ3v) is 5.21. The van der Waals surface area contributed by atoms with Crippen LogP contribution in [0.4, 0.5) is 13.2 Å². The summed E-state index contributed by atoms with van der Waals surface area (Å²) in [5.74, 6) is 0.877. The third-order valence-electron chi connectivity index (χ3n) is 3.27. The van der Waals surface area contributed by atoms with Crippen LogP contribution in [0.25, 0.3) is 0 Å². The molecule has 0 heterocycles. The summed E-state index contributed by atoms with van der Waals surface area (Å²) in [5.41, 5.74) is -1.10. The van der Waals surface area contributed by atoms with Crippen molar-refractivity contribution in [3.05, 3.63) is 53.1 Å². The van der Waals surface area contributed by atoms with Crippen LogP contribution in [-0.2, 0) is 16.2 Å². The number of hydrogen-bond donors (Lipinski definition) is 1. The first-order chi connectivity index (χ1) is 12.1. The number of benzene rings is 2. The second-order valence-corrected chi connectivity index (χ2v) is 7.18. The standard InChI is InChI=1S/C16H15ClF3NO4S/c1-24-13-4-2-3-5-14(13)25-9-8-21-26(22,23)15-10-11(16(18,19)20)6-7-12(15)17/h2-7,10,21H,8-9H2,1H3. The summed E-state index contributed by atoms with van der Waals surface area (Å²) in [5, 5.41) is -0.309. The van der Waals surface area contributed by atoms with Crippen LogP contribution < -0.4 is 14.2 Å². The molecule has 10 heteroatoms. The minimum atomic E-state index is -4.68. The smallest absolute Gasteiger partial charge is 0.416 e. The Kier molecular flexibility index (Phi) is 6.38. The van der Waals surface area contributed by atoms with Crippen LogP contribution in [0.15, 0.2) is 47.4 Å². The van der Waals surface area contributed by atoms with E-state index in [0.717, 1.165) is 6.07 Å². The molecule has 0 spiro atoms. The summed E-state index contributed by atoms with van der Waals surface area (Å²) < 4.78 is 75.4. The largest absolute Gasteiger partial charge is 0.493 e. The maximum Gasteiger partial charge on any atom is 0.416 e. The fraction of sp³-hybridized carbons (Fsp3) is 0.250. The lowest BCUT2D eigenvalue weighted by Crippen LogP contribution is -2.28. The van der Waals surface area contributed by atoms with Gasteiger partial charge in [-0.05, 0) is 30.3 Å². The van der Waals surface area contributed by atoms with E-state index >= 15 is 0 Å². The van der Waals surface area contributed by atoms with E-state index < -0.39 is 26.7 Å². The second-order valence-electron chi connectivity index (χ2n) is 5.04. The van der Waals surface area contributed by atoms with Crippen molar-refractivity contribution < 1.29 is 31.1 Å². The number of para-hydroxylation sites is 2. The minimum absolute atomic E-state index is 0.0593. The molecule has 0 bridgehead atoms. The molecule has 26 heavy (non-hydrogen) atoms. The molecule has 0 aliphatic carbocycles. The second kappa shape index (κ2) is 8.15. The van der Waals surface area contributed by atoms with E-state index in [-0.39, 0.29) is 18.2 Å². The molecular formula is C16H15ClF3NO4S. The minimum Gasteiger partial charge on any atom is -0.493 e. The van der Waals surface area contributed by atoms with Crippen molar-refractivity contribution in [2.75, 3.05) is 20.3 Å². The van der Waals surface area contributed by atoms with Gasteiger partial charge in [-0.2, -0.15) is 13.2 Å². The quantitative estimate of drug-likeness (QED) is 0.708. The lowest BCUT2D eigenvalue weighted by Gasteiger charge is -2.13. The molecule has 0 saturated heterocycles. The molecule has 0 aliphatic heterocycles. The van der Waals surface area contributed by atoms with Gasteiger partial charge in [0.25, 0.3) is 0 Å². The predicted molar refractivity (Wildman–Crippen MR) is 90.1 cm³/mol. The van der Waals surface area contributed by atoms with Gasteiger partial charge in [-0.15, -0.1) is 0 Å². The fourth-order valence-electron chi connectivity index (χ4n) is 2.04. The van der Waals surface area contributed by atoms with Crippen molar-refractivity contribution >= 4 is 21.6 Å². The number of halogens is 4. The monoisotopic (exact) mass is 409 g/mol. The van der Waals surface area contributed by atoms with E-state index in [2.05, 4.69) is 4.72 Å². The van der Waals surface area contributed by atoms with E-state index in [1.54, 1.807) is 24.3 Å². The summed E-state index contributed by atoms with van der Waals surface area (Å²) >= 11 is 5.74. The van der Waals surface area contributed by atoms with Gasteiger partial charge in [0.05, 0.1) is 17.7 Å². The zero-order chi connectivity index (χ0) is 19.4. The van der Waals surface area contributed by atoms with Crippen molar-refractivity contribution in [1.29, 1.82) is 0 Å². The molecule has 0 fully saturated rings. The topological polar surface area (TPSA) is 64.6 Å². The number of ether oxygens (including phenoxy) is 2. The summed E-state index contributed by atoms with van der Waals surface area (Å²) in [4.78, 5) is -0.647. The van der Waals surface area contributed by atoms with Crippen molar-refractivity contribution in [2.24, 2.45) is 0 Å². The van der Waals surface area contributed by atoms with Crippen LogP contribution in [0, 0.1) is 0 Å². The van der Waals surface area contributed by atoms with Gasteiger partial charge in [0, 0.05) is 6.54 Å². The summed E-state index contributed by atoms with van der Waals surface area (Å²) in [6.45, 7) is -0.233. The van der Waals surface area contributed by atoms with E-state index in [1.807, 2.05) is 0 Å². The predicted octanol–water partition coefficient (Wildman–Crippen LogP) is 3.72. The molecule has 0 saturated carbocycles. The van der Waals surface area contributed by atoms with Crippen molar-refractivity contribution in [1.82, 2.24) is 4.72 Å². The Morgan fingerprint density at radius 3 is 2.38 bits per heavy atom. The van der Waals surface area contributed by atoms with Crippen LogP contribution in [0.5, 0.6) is 11.5 Å². The van der Waals surface area contributed by atoms with Gasteiger partial charge in [-0.25, -0.2) is 13.1 Å². The van der Waals surface area contributed by atoms with Gasteiger partial charge in [0.1, 0.15) is 11.5 Å². The number of hydrogen-bond acceptors (Lipinski definition) is 4. The van der Waals surface area contributed by atoms with Crippen molar-refractivity contribution in [2.45, 2.75) is 11.1 Å². The molecule has 2 aromatic rings. The van der Waals surface area contributed by atoms with E-state index in [1.165, 1.54) is 7.11 Å². The van der Waals surface area contributed by atoms with Crippen molar-refractivity contribution in [3.8, 4) is 11.5 Å². The lowest BCUT2D eigenvalue weighted by molar-refractivity contribution is -0.137. The van der Waals surface area contributed by atoms with Gasteiger partial charge >= 0.3 is 6.18 Å². The van der Waals surface area contributed by atoms with E-state index in [0.29, 0.717) is 23.6 Å². The number of alkyl halides is 3. The first-order valence-corrected chi connectivity index (χ1v) is 9.13. The number of methoxy groups -OCH3 is 1. The maximum atomic E-state index is 12.8. The average molecular weight is 410 g/mol. The highest BCUT2D eigenvalue weighted by Gasteiger charge is 2.32. The molecule has 0 atom stereocenters. The Bertz CT molecular complexity index is 872. The highest BCUT2D eigenvalue weighted by molar-refractivity contribution is 7.89. The molecule has 2 aromatic carbocycles. The Balaban J connectivity index is 2.05. The normalized spacial score (nSPS) is 12.0. The molecule has 0 radical (unpaired) electrons. The summed E-state index contributed by atoms with van der Waals surface area (Å²) in [6, 6.07) is 8.86. The molecular weight excluding hydrogens is 395 g/mol. The molecule has 0 aliphatic rings. The number of rotatable bonds is 7. The Labute approximate surface area is 153 Å². The van der Waals surface area contributed by atoms with Crippen LogP contribution in [0.1, 0.15) is 5.56 Å². The first-order valence-electron chi connectivity index (χ1n) is 7.27. The molecule has 2 rings (SSSR count). The molecule has 142 valence electrons. The van der Waals surface area contributed by atoms with Crippen LogP contribution in [0.2, 0.25) is 5.02 Å². The van der Waals surface area contributed by atoms with Gasteiger partial charge in [-0.1, -0.05) is 23.7 Å². The van der Waals surface area contributed by atoms with Crippen LogP contribution in [0.3, 0.4) is 0 Å². The lowest BCUT2D eigenvalue weighted by atomic mass is 10.2. The van der Waals surface area contributed by atoms with E-state index in [4.69, 9.17) is 21.1 Å². The molecule has 1 N–H and O–H groups in total. The van der Waals surface area contributed by atoms with Gasteiger partial charge in [-0.3, -0.25) is 0 Å². The highest BCUT2D eigenvalue weighted by atomic mass is 35.5. The van der Waals surface area contributed by atoms with E-state index in [9.17, 15) is 21.6 Å². The zero-order valence-electron chi connectivity index (χ0n) is 13.5. The van der Waals surface area contributed by atoms with Crippen molar-refractivity contribution in [3.63, 3.8) is 0 Å². The molecule has 0 amide bonds. The summed E-state index contributed by atoms with van der Waals surface area (Å²) in [6.07, 6.45) is -4.68. The van der Waals surface area contributed by atoms with Crippen LogP contribution >= 0.6 is 11.6 Å². The fourth-order valence-corrected chi connectivity index (χ4v) is 3.58. The SMILES string of the molecule is COc1ccccc1OCCNS(=O)(=O)c1cc(C(F)(F)F)ccc1Cl. The number of sulfonamides is 1. The van der Waals surface area contributed by atoms with Gasteiger partial charge in [0.15, 0.2) is 11.5 Å². The first kappa shape index (κ1) is 20.3. The van der Waals surface area contributed by atoms with Gasteiger partial charge < -0.3 is 9.47 Å². The Morgan fingerprint density at radius 2 is 1.77 bits per heavy atom. The summed E-state index contributed by atoms with van der Waals surface area (Å²) in [7, 11) is -2.78. The molecule has 0 unspecified atom stereocenters. The molecule has 0 aromatic heterocycles. The average Bonchev–Trinajstić information content (AvgIpc) is 2.58. The number of nitrogens with one attached hydrogen (secondary N) is 1. The highest BCUT2D eigenvalue weighted by Crippen LogP contribution is 2.33. The third kappa shape index (κ3) is 5.03.